The molecule has 150 valence electrons. The number of nitrogens with zero attached hydrogens (tertiary/aromatic N) is 1. The second-order valence-corrected chi connectivity index (χ2v) is 8.77. The van der Waals surface area contributed by atoms with Crippen LogP contribution in [0.1, 0.15) is 13.3 Å². The van der Waals surface area contributed by atoms with Gasteiger partial charge >= 0.3 is 0 Å². The van der Waals surface area contributed by atoms with Crippen molar-refractivity contribution in [1.82, 2.24) is 5.32 Å². The Morgan fingerprint density at radius 2 is 1.79 bits per heavy atom. The third-order valence-electron chi connectivity index (χ3n) is 4.89. The van der Waals surface area contributed by atoms with Crippen LogP contribution < -0.4 is 14.4 Å². The van der Waals surface area contributed by atoms with Crippen LogP contribution in [0, 0.1) is 0 Å². The van der Waals surface area contributed by atoms with Crippen molar-refractivity contribution >= 4 is 32.4 Å². The summed E-state index contributed by atoms with van der Waals surface area (Å²) in [6.45, 7) is 2.38. The molecule has 1 amide bonds. The van der Waals surface area contributed by atoms with Crippen LogP contribution in [-0.2, 0) is 14.8 Å². The quantitative estimate of drug-likeness (QED) is 0.700. The lowest BCUT2D eigenvalue weighted by Gasteiger charge is -2.34. The zero-order valence-corrected chi connectivity index (χ0v) is 16.9. The molecule has 29 heavy (non-hydrogen) atoms. The van der Waals surface area contributed by atoms with Gasteiger partial charge in [-0.15, -0.1) is 0 Å². The number of para-hydroxylation sites is 2. The van der Waals surface area contributed by atoms with Crippen molar-refractivity contribution in [3.63, 3.8) is 0 Å². The molecule has 0 saturated carbocycles. The molecule has 3 aromatic rings. The molecule has 1 aliphatic rings. The van der Waals surface area contributed by atoms with Gasteiger partial charge in [0.2, 0.25) is 0 Å². The molecule has 0 unspecified atom stereocenters. The second-order valence-electron chi connectivity index (χ2n) is 6.91. The molecule has 0 radical (unpaired) electrons. The highest BCUT2D eigenvalue weighted by atomic mass is 32.2. The Morgan fingerprint density at radius 1 is 1.07 bits per heavy atom. The average molecular weight is 410 g/mol. The van der Waals surface area contributed by atoms with Gasteiger partial charge in [-0.3, -0.25) is 9.10 Å². The molecule has 0 fully saturated rings. The van der Waals surface area contributed by atoms with Crippen LogP contribution in [0.15, 0.2) is 71.6 Å². The van der Waals surface area contributed by atoms with E-state index in [1.54, 1.807) is 42.5 Å². The van der Waals surface area contributed by atoms with Gasteiger partial charge in [0, 0.05) is 6.54 Å². The van der Waals surface area contributed by atoms with Gasteiger partial charge in [0.25, 0.3) is 15.9 Å². The Bertz CT molecular complexity index is 1160. The summed E-state index contributed by atoms with van der Waals surface area (Å²) in [5.41, 5.74) is 0.431. The lowest BCUT2D eigenvalue weighted by Crippen LogP contribution is -2.50. The van der Waals surface area contributed by atoms with Gasteiger partial charge in [-0.05, 0) is 41.5 Å². The number of nitrogens with one attached hydrogen (secondary N) is 1. The zero-order chi connectivity index (χ0) is 20.4. The number of anilines is 1. The molecule has 6 nitrogen and oxygen atoms in total. The lowest BCUT2D eigenvalue weighted by molar-refractivity contribution is -0.127. The fourth-order valence-electron chi connectivity index (χ4n) is 3.38. The SMILES string of the molecule is CCCNC(=O)[C@H]1CN(S(=O)(=O)c2ccc3ccccc3c2)c2ccccc2O1. The van der Waals surface area contributed by atoms with Crippen LogP contribution in [0.4, 0.5) is 5.69 Å². The van der Waals surface area contributed by atoms with Crippen molar-refractivity contribution in [2.75, 3.05) is 17.4 Å². The van der Waals surface area contributed by atoms with E-state index in [1.165, 1.54) is 4.31 Å². The smallest absolute Gasteiger partial charge is 0.264 e. The van der Waals surface area contributed by atoms with Gasteiger partial charge < -0.3 is 10.1 Å². The third kappa shape index (κ3) is 3.65. The van der Waals surface area contributed by atoms with Crippen LogP contribution in [0.25, 0.3) is 10.8 Å². The van der Waals surface area contributed by atoms with E-state index in [0.29, 0.717) is 18.0 Å². The Hall–Kier alpha value is -3.06. The topological polar surface area (TPSA) is 75.7 Å². The molecule has 0 aromatic heterocycles. The van der Waals surface area contributed by atoms with Gasteiger partial charge in [-0.25, -0.2) is 8.42 Å². The van der Waals surface area contributed by atoms with Gasteiger partial charge in [-0.2, -0.15) is 0 Å². The summed E-state index contributed by atoms with van der Waals surface area (Å²) >= 11 is 0. The molecule has 4 rings (SSSR count). The number of ether oxygens (including phenoxy) is 1. The molecule has 0 bridgehead atoms. The standard InChI is InChI=1S/C22H22N2O4S/c1-2-13-23-22(25)21-15-24(19-9-5-6-10-20(19)28-21)29(26,27)18-12-11-16-7-3-4-8-17(16)14-18/h3-12,14,21H,2,13,15H2,1H3,(H,23,25)/t21-/m1/s1. The summed E-state index contributed by atoms with van der Waals surface area (Å²) in [5.74, 6) is 0.0554. The molecule has 0 spiro atoms. The summed E-state index contributed by atoms with van der Waals surface area (Å²) in [5, 5.41) is 4.59. The number of amides is 1. The number of carbonyl (C=O) groups is 1. The summed E-state index contributed by atoms with van der Waals surface area (Å²) in [4.78, 5) is 12.7. The van der Waals surface area contributed by atoms with Gasteiger partial charge in [-0.1, -0.05) is 49.4 Å². The summed E-state index contributed by atoms with van der Waals surface area (Å²) in [6, 6.07) is 19.5. The van der Waals surface area contributed by atoms with Crippen molar-refractivity contribution in [1.29, 1.82) is 0 Å². The van der Waals surface area contributed by atoms with E-state index in [1.807, 2.05) is 31.2 Å². The minimum Gasteiger partial charge on any atom is -0.476 e. The van der Waals surface area contributed by atoms with Gasteiger partial charge in [0.1, 0.15) is 5.75 Å². The molecule has 1 N–H and O–H groups in total. The van der Waals surface area contributed by atoms with Gasteiger partial charge in [0.05, 0.1) is 17.1 Å². The first kappa shape index (κ1) is 19.3. The van der Waals surface area contributed by atoms with Gasteiger partial charge in [0.15, 0.2) is 6.10 Å². The predicted molar refractivity (Wildman–Crippen MR) is 113 cm³/mol. The van der Waals surface area contributed by atoms with E-state index in [2.05, 4.69) is 5.32 Å². The van der Waals surface area contributed by atoms with Crippen molar-refractivity contribution in [2.45, 2.75) is 24.3 Å². The molecular weight excluding hydrogens is 388 g/mol. The number of rotatable bonds is 5. The number of carbonyl (C=O) groups excluding carboxylic acids is 1. The number of benzene rings is 3. The lowest BCUT2D eigenvalue weighted by atomic mass is 10.1. The Morgan fingerprint density at radius 3 is 2.59 bits per heavy atom. The van der Waals surface area contributed by atoms with Crippen LogP contribution >= 0.6 is 0 Å². The minimum atomic E-state index is -3.88. The molecule has 3 aromatic carbocycles. The zero-order valence-electron chi connectivity index (χ0n) is 16.0. The fraction of sp³-hybridized carbons (Fsp3) is 0.227. The average Bonchev–Trinajstić information content (AvgIpc) is 2.76. The highest BCUT2D eigenvalue weighted by Crippen LogP contribution is 2.37. The van der Waals surface area contributed by atoms with E-state index in [9.17, 15) is 13.2 Å². The molecule has 0 saturated heterocycles. The first-order chi connectivity index (χ1) is 14.0. The van der Waals surface area contributed by atoms with Crippen molar-refractivity contribution in [3.05, 3.63) is 66.7 Å². The van der Waals surface area contributed by atoms with Crippen molar-refractivity contribution < 1.29 is 17.9 Å². The van der Waals surface area contributed by atoms with E-state index >= 15 is 0 Å². The highest BCUT2D eigenvalue weighted by molar-refractivity contribution is 7.92. The van der Waals surface area contributed by atoms with E-state index in [-0.39, 0.29) is 17.3 Å². The van der Waals surface area contributed by atoms with Crippen LogP contribution in [0.3, 0.4) is 0 Å². The second kappa shape index (κ2) is 7.75. The molecule has 1 aliphatic heterocycles. The first-order valence-electron chi connectivity index (χ1n) is 9.55. The molecule has 1 heterocycles. The molecule has 1 atom stereocenters. The number of hydrogen-bond donors (Lipinski definition) is 1. The number of sulfonamides is 1. The maximum Gasteiger partial charge on any atom is 0.264 e. The minimum absolute atomic E-state index is 0.0816. The Labute approximate surface area is 170 Å². The van der Waals surface area contributed by atoms with Crippen molar-refractivity contribution in [3.8, 4) is 5.75 Å². The van der Waals surface area contributed by atoms with E-state index in [4.69, 9.17) is 4.74 Å². The van der Waals surface area contributed by atoms with Crippen LogP contribution in [0.2, 0.25) is 0 Å². The predicted octanol–water partition coefficient (Wildman–Crippen LogP) is 3.32. The Balaban J connectivity index is 1.75. The normalized spacial score (nSPS) is 16.2. The third-order valence-corrected chi connectivity index (χ3v) is 6.66. The number of fused-ring (bicyclic) bond motifs is 2. The highest BCUT2D eigenvalue weighted by Gasteiger charge is 2.37. The molecule has 0 aliphatic carbocycles. The first-order valence-corrected chi connectivity index (χ1v) is 11.0. The van der Waals surface area contributed by atoms with E-state index in [0.717, 1.165) is 17.2 Å². The summed E-state index contributed by atoms with van der Waals surface area (Å²) < 4.78 is 34.1. The fourth-order valence-corrected chi connectivity index (χ4v) is 4.90. The van der Waals surface area contributed by atoms with E-state index < -0.39 is 16.1 Å². The largest absolute Gasteiger partial charge is 0.476 e. The number of hydrogen-bond acceptors (Lipinski definition) is 4. The maximum atomic E-state index is 13.5. The molecule has 7 heteroatoms. The monoisotopic (exact) mass is 410 g/mol. The Kier molecular flexibility index (Phi) is 5.15. The van der Waals surface area contributed by atoms with Crippen molar-refractivity contribution in [2.24, 2.45) is 0 Å². The summed E-state index contributed by atoms with van der Waals surface area (Å²) in [6.07, 6.45) is -0.125. The van der Waals surface area contributed by atoms with Crippen LogP contribution in [-0.4, -0.2) is 33.5 Å². The molecular formula is C22H22N2O4S. The van der Waals surface area contributed by atoms with Crippen LogP contribution in [0.5, 0.6) is 5.75 Å². The maximum absolute atomic E-state index is 13.5. The summed E-state index contributed by atoms with van der Waals surface area (Å²) in [7, 11) is -3.88.